The van der Waals surface area contributed by atoms with Crippen molar-refractivity contribution in [1.29, 1.82) is 0 Å². The number of nitrogens with zero attached hydrogens (tertiary/aromatic N) is 2. The summed E-state index contributed by atoms with van der Waals surface area (Å²) in [6.45, 7) is 7.41. The summed E-state index contributed by atoms with van der Waals surface area (Å²) in [5.74, 6) is -0.190. The molecule has 3 aromatic rings. The maximum absolute atomic E-state index is 13.4. The maximum Gasteiger partial charge on any atom is 0.261 e. The van der Waals surface area contributed by atoms with Gasteiger partial charge in [0.25, 0.3) is 15.9 Å². The molecule has 0 atom stereocenters. The van der Waals surface area contributed by atoms with Gasteiger partial charge in [-0.05, 0) is 75.3 Å². The van der Waals surface area contributed by atoms with Gasteiger partial charge in [0, 0.05) is 25.2 Å². The first-order valence-electron chi connectivity index (χ1n) is 11.3. The van der Waals surface area contributed by atoms with Crippen molar-refractivity contribution in [3.05, 3.63) is 94.5 Å². The monoisotopic (exact) mass is 479 g/mol. The number of amides is 1. The fourth-order valence-electron chi connectivity index (χ4n) is 3.72. The predicted molar refractivity (Wildman–Crippen MR) is 137 cm³/mol. The van der Waals surface area contributed by atoms with E-state index in [0.717, 1.165) is 23.2 Å². The molecule has 0 fully saturated rings. The summed E-state index contributed by atoms with van der Waals surface area (Å²) in [5, 5.41) is 0. The molecule has 0 aliphatic heterocycles. The van der Waals surface area contributed by atoms with Gasteiger partial charge in [-0.15, -0.1) is 0 Å². The first-order chi connectivity index (χ1) is 16.1. The largest absolute Gasteiger partial charge is 0.335 e. The highest BCUT2D eigenvalue weighted by Gasteiger charge is 2.22. The zero-order valence-electron chi connectivity index (χ0n) is 20.5. The van der Waals surface area contributed by atoms with Crippen LogP contribution in [0.15, 0.2) is 71.6 Å². The highest BCUT2D eigenvalue weighted by Crippen LogP contribution is 2.23. The van der Waals surface area contributed by atoms with Gasteiger partial charge in [-0.3, -0.25) is 9.52 Å². The molecule has 3 aromatic carbocycles. The highest BCUT2D eigenvalue weighted by molar-refractivity contribution is 7.92. The third-order valence-corrected chi connectivity index (χ3v) is 7.07. The number of hydrogen-bond acceptors (Lipinski definition) is 4. The Morgan fingerprint density at radius 1 is 0.853 bits per heavy atom. The van der Waals surface area contributed by atoms with E-state index < -0.39 is 10.0 Å². The third-order valence-electron chi connectivity index (χ3n) is 5.70. The average molecular weight is 480 g/mol. The molecule has 0 aliphatic carbocycles. The van der Waals surface area contributed by atoms with E-state index in [2.05, 4.69) is 21.8 Å². The van der Waals surface area contributed by atoms with Crippen LogP contribution in [-0.4, -0.2) is 44.8 Å². The lowest BCUT2D eigenvalue weighted by atomic mass is 10.1. The Labute approximate surface area is 203 Å². The molecule has 0 radical (unpaired) electrons. The second-order valence-corrected chi connectivity index (χ2v) is 10.5. The van der Waals surface area contributed by atoms with Crippen LogP contribution in [0.4, 0.5) is 5.69 Å². The van der Waals surface area contributed by atoms with Crippen LogP contribution in [-0.2, 0) is 23.1 Å². The first kappa shape index (κ1) is 25.5. The molecular weight excluding hydrogens is 446 g/mol. The quantitative estimate of drug-likeness (QED) is 0.477. The Hall–Kier alpha value is -3.16. The molecule has 0 aromatic heterocycles. The van der Waals surface area contributed by atoms with Crippen molar-refractivity contribution in [3.8, 4) is 0 Å². The number of para-hydroxylation sites is 1. The summed E-state index contributed by atoms with van der Waals surface area (Å²) in [6, 6.07) is 20.1. The number of rotatable bonds is 9. The molecule has 180 valence electrons. The number of sulfonamides is 1. The Kier molecular flexibility index (Phi) is 8.12. The zero-order valence-corrected chi connectivity index (χ0v) is 21.3. The van der Waals surface area contributed by atoms with E-state index in [-0.39, 0.29) is 10.8 Å². The van der Waals surface area contributed by atoms with E-state index in [1.807, 2.05) is 59.1 Å². The van der Waals surface area contributed by atoms with E-state index in [1.54, 1.807) is 23.1 Å². The van der Waals surface area contributed by atoms with Crippen LogP contribution in [0.3, 0.4) is 0 Å². The maximum atomic E-state index is 13.4. The summed E-state index contributed by atoms with van der Waals surface area (Å²) >= 11 is 0. The number of anilines is 1. The van der Waals surface area contributed by atoms with Crippen LogP contribution >= 0.6 is 0 Å². The molecule has 0 unspecified atom stereocenters. The number of carbonyl (C=O) groups is 1. The molecular formula is C27H33N3O3S. The molecule has 0 aliphatic rings. The van der Waals surface area contributed by atoms with Gasteiger partial charge in [-0.1, -0.05) is 48.5 Å². The van der Waals surface area contributed by atoms with Crippen molar-refractivity contribution < 1.29 is 13.2 Å². The van der Waals surface area contributed by atoms with Crippen molar-refractivity contribution in [2.75, 3.05) is 25.4 Å². The van der Waals surface area contributed by atoms with Crippen LogP contribution in [0.2, 0.25) is 0 Å². The summed E-state index contributed by atoms with van der Waals surface area (Å²) in [7, 11) is 0.213. The second-order valence-electron chi connectivity index (χ2n) is 8.77. The zero-order chi connectivity index (χ0) is 24.9. The summed E-state index contributed by atoms with van der Waals surface area (Å²) < 4.78 is 28.7. The highest BCUT2D eigenvalue weighted by atomic mass is 32.2. The fraction of sp³-hybridized carbons (Fsp3) is 0.296. The van der Waals surface area contributed by atoms with Gasteiger partial charge in [0.15, 0.2) is 0 Å². The Bertz CT molecular complexity index is 1250. The minimum atomic E-state index is -3.84. The van der Waals surface area contributed by atoms with E-state index in [1.165, 1.54) is 17.7 Å². The van der Waals surface area contributed by atoms with Crippen LogP contribution < -0.4 is 4.72 Å². The summed E-state index contributed by atoms with van der Waals surface area (Å²) in [6.07, 6.45) is 0. The smallest absolute Gasteiger partial charge is 0.261 e. The lowest BCUT2D eigenvalue weighted by Crippen LogP contribution is -2.31. The molecule has 1 N–H and O–H groups in total. The van der Waals surface area contributed by atoms with E-state index in [4.69, 9.17) is 0 Å². The van der Waals surface area contributed by atoms with Crippen LogP contribution in [0.5, 0.6) is 0 Å². The number of hydrogen-bond donors (Lipinski definition) is 1. The lowest BCUT2D eigenvalue weighted by Gasteiger charge is -2.23. The molecule has 34 heavy (non-hydrogen) atoms. The number of benzene rings is 3. The minimum absolute atomic E-state index is 0.0637. The molecule has 6 nitrogen and oxygen atoms in total. The molecule has 1 amide bonds. The van der Waals surface area contributed by atoms with Crippen molar-refractivity contribution >= 4 is 21.6 Å². The van der Waals surface area contributed by atoms with Gasteiger partial charge in [0.05, 0.1) is 10.6 Å². The van der Waals surface area contributed by atoms with E-state index in [0.29, 0.717) is 24.3 Å². The van der Waals surface area contributed by atoms with E-state index in [9.17, 15) is 13.2 Å². The molecule has 0 saturated carbocycles. The molecule has 0 heterocycles. The number of nitrogens with one attached hydrogen (secondary N) is 1. The minimum Gasteiger partial charge on any atom is -0.335 e. The van der Waals surface area contributed by atoms with Gasteiger partial charge in [0.2, 0.25) is 0 Å². The Morgan fingerprint density at radius 3 is 2.06 bits per heavy atom. The fourth-order valence-corrected chi connectivity index (χ4v) is 4.88. The lowest BCUT2D eigenvalue weighted by molar-refractivity contribution is 0.0751. The topological polar surface area (TPSA) is 69.7 Å². The molecule has 3 rings (SSSR count). The number of aryl methyl sites for hydroxylation is 2. The second kappa shape index (κ2) is 10.8. The molecule has 0 spiro atoms. The van der Waals surface area contributed by atoms with Crippen LogP contribution in [0, 0.1) is 13.8 Å². The summed E-state index contributed by atoms with van der Waals surface area (Å²) in [5.41, 5.74) is 4.70. The first-order valence-corrected chi connectivity index (χ1v) is 12.8. The van der Waals surface area contributed by atoms with Crippen molar-refractivity contribution in [3.63, 3.8) is 0 Å². The molecule has 0 bridgehead atoms. The van der Waals surface area contributed by atoms with Crippen molar-refractivity contribution in [2.45, 2.75) is 38.8 Å². The third kappa shape index (κ3) is 6.24. The van der Waals surface area contributed by atoms with Gasteiger partial charge in [0.1, 0.15) is 0 Å². The standard InChI is InChI=1S/C27H33N3O3S/c1-6-30(19-23-14-12-22(13-15-23)18-29(4)5)27(31)25-17-24(16-11-20(25)2)34(32,33)28-26-10-8-7-9-21(26)3/h7-17,28H,6,18-19H2,1-5H3. The number of carbonyl (C=O) groups excluding carboxylic acids is 1. The van der Waals surface area contributed by atoms with Gasteiger partial charge < -0.3 is 9.80 Å². The van der Waals surface area contributed by atoms with Crippen LogP contribution in [0.1, 0.15) is 39.5 Å². The van der Waals surface area contributed by atoms with Crippen LogP contribution in [0.25, 0.3) is 0 Å². The Morgan fingerprint density at radius 2 is 1.47 bits per heavy atom. The molecule has 0 saturated heterocycles. The Balaban J connectivity index is 1.83. The van der Waals surface area contributed by atoms with Gasteiger partial charge in [-0.2, -0.15) is 0 Å². The van der Waals surface area contributed by atoms with Crippen molar-refractivity contribution in [1.82, 2.24) is 9.80 Å². The van der Waals surface area contributed by atoms with Gasteiger partial charge in [-0.25, -0.2) is 8.42 Å². The van der Waals surface area contributed by atoms with Gasteiger partial charge >= 0.3 is 0 Å². The van der Waals surface area contributed by atoms with Crippen molar-refractivity contribution in [2.24, 2.45) is 0 Å². The predicted octanol–water partition coefficient (Wildman–Crippen LogP) is 4.83. The average Bonchev–Trinajstić information content (AvgIpc) is 2.79. The molecule has 7 heteroatoms. The normalized spacial score (nSPS) is 11.5. The van der Waals surface area contributed by atoms with E-state index >= 15 is 0 Å². The SMILES string of the molecule is CCN(Cc1ccc(CN(C)C)cc1)C(=O)c1cc(S(=O)(=O)Nc2ccccc2C)ccc1C. The summed E-state index contributed by atoms with van der Waals surface area (Å²) in [4.78, 5) is 17.3.